The molecule has 0 fully saturated rings. The van der Waals surface area contributed by atoms with Crippen molar-refractivity contribution >= 4 is 17.5 Å². The van der Waals surface area contributed by atoms with Gasteiger partial charge in [-0.05, 0) is 26.3 Å². The van der Waals surface area contributed by atoms with E-state index in [2.05, 4.69) is 16.8 Å². The number of hydrogen-bond donors (Lipinski definition) is 0. The number of benzene rings is 2. The van der Waals surface area contributed by atoms with E-state index in [0.717, 1.165) is 27.7 Å². The summed E-state index contributed by atoms with van der Waals surface area (Å²) in [5.74, 6) is 0.873. The monoisotopic (exact) mass is 377 g/mol. The maximum Gasteiger partial charge on any atom is 0.192 e. The Morgan fingerprint density at radius 3 is 2.22 bits per heavy atom. The van der Waals surface area contributed by atoms with Gasteiger partial charge in [0, 0.05) is 12.1 Å². The number of carbonyl (C=O) groups is 1. The van der Waals surface area contributed by atoms with Crippen LogP contribution in [0.5, 0.6) is 0 Å². The molecule has 0 spiro atoms. The summed E-state index contributed by atoms with van der Waals surface area (Å²) < 4.78 is 1.97. The number of nitrogens with zero attached hydrogens (tertiary/aromatic N) is 3. The zero-order valence-electron chi connectivity index (χ0n) is 15.8. The molecule has 0 aliphatic carbocycles. The summed E-state index contributed by atoms with van der Waals surface area (Å²) in [6.45, 7) is 10.4. The van der Waals surface area contributed by atoms with E-state index in [1.807, 2.05) is 79.9 Å². The molecule has 3 aromatic rings. The van der Waals surface area contributed by atoms with Crippen molar-refractivity contribution in [3.05, 3.63) is 89.3 Å². The summed E-state index contributed by atoms with van der Waals surface area (Å²) in [5.41, 5.74) is 3.95. The summed E-state index contributed by atoms with van der Waals surface area (Å²) in [5, 5.41) is 8.79. The molecule has 1 unspecified atom stereocenters. The minimum Gasteiger partial charge on any atom is -0.302 e. The fraction of sp³-hybridized carbons (Fsp3) is 0.227. The summed E-state index contributed by atoms with van der Waals surface area (Å²) in [6, 6.07) is 15.8. The Kier molecular flexibility index (Phi) is 5.91. The molecule has 1 heterocycles. The molecule has 0 aliphatic rings. The van der Waals surface area contributed by atoms with E-state index in [-0.39, 0.29) is 11.0 Å². The molecule has 138 valence electrons. The molecule has 1 aromatic heterocycles. The first kappa shape index (κ1) is 19.1. The largest absolute Gasteiger partial charge is 0.302 e. The Hall–Kier alpha value is -2.66. The van der Waals surface area contributed by atoms with E-state index in [9.17, 15) is 4.79 Å². The van der Waals surface area contributed by atoms with Crippen molar-refractivity contribution < 1.29 is 4.79 Å². The molecule has 0 amide bonds. The van der Waals surface area contributed by atoms with Crippen molar-refractivity contribution in [3.63, 3.8) is 0 Å². The van der Waals surface area contributed by atoms with E-state index >= 15 is 0 Å². The van der Waals surface area contributed by atoms with Crippen molar-refractivity contribution in [3.8, 4) is 0 Å². The normalized spacial score (nSPS) is 12.0. The number of Topliss-reactive ketones (excluding diaryl/α,β-unsaturated/α-hetero) is 1. The van der Waals surface area contributed by atoms with Gasteiger partial charge in [0.2, 0.25) is 0 Å². The Bertz CT molecular complexity index is 943. The number of thioether (sulfide) groups is 1. The molecule has 0 aliphatic heterocycles. The number of carbonyl (C=O) groups excluding carboxylic acids is 1. The fourth-order valence-corrected chi connectivity index (χ4v) is 3.95. The molecular weight excluding hydrogens is 354 g/mol. The lowest BCUT2D eigenvalue weighted by Crippen LogP contribution is -2.12. The maximum atomic E-state index is 13.3. The van der Waals surface area contributed by atoms with Gasteiger partial charge in [0.1, 0.15) is 11.1 Å². The number of aromatic nitrogens is 3. The summed E-state index contributed by atoms with van der Waals surface area (Å²) in [6.07, 6.45) is 1.81. The predicted molar refractivity (Wildman–Crippen MR) is 110 cm³/mol. The van der Waals surface area contributed by atoms with Crippen LogP contribution >= 0.6 is 11.8 Å². The lowest BCUT2D eigenvalue weighted by atomic mass is 10.0. The van der Waals surface area contributed by atoms with Gasteiger partial charge in [0.15, 0.2) is 10.9 Å². The van der Waals surface area contributed by atoms with Gasteiger partial charge >= 0.3 is 0 Å². The quantitative estimate of drug-likeness (QED) is 0.326. The summed E-state index contributed by atoms with van der Waals surface area (Å²) >= 11 is 1.43. The minimum absolute atomic E-state index is 0.0645. The second-order valence-corrected chi connectivity index (χ2v) is 7.64. The Morgan fingerprint density at radius 1 is 1.04 bits per heavy atom. The van der Waals surface area contributed by atoms with Crippen LogP contribution in [0.1, 0.15) is 38.1 Å². The molecular formula is C22H23N3OS. The second kappa shape index (κ2) is 8.35. The number of aryl methyl sites for hydroxylation is 3. The van der Waals surface area contributed by atoms with E-state index in [1.54, 1.807) is 0 Å². The molecule has 0 radical (unpaired) electrons. The second-order valence-electron chi connectivity index (χ2n) is 6.57. The van der Waals surface area contributed by atoms with Crippen LogP contribution in [0.3, 0.4) is 0 Å². The molecule has 2 aromatic carbocycles. The highest BCUT2D eigenvalue weighted by molar-refractivity contribution is 8.00. The average molecular weight is 378 g/mol. The summed E-state index contributed by atoms with van der Waals surface area (Å²) in [4.78, 5) is 13.3. The molecule has 0 bridgehead atoms. The van der Waals surface area contributed by atoms with Crippen LogP contribution in [-0.4, -0.2) is 20.5 Å². The predicted octanol–water partition coefficient (Wildman–Crippen LogP) is 5.11. The van der Waals surface area contributed by atoms with Crippen LogP contribution in [0, 0.1) is 20.8 Å². The van der Waals surface area contributed by atoms with Crippen LogP contribution in [0.15, 0.2) is 66.3 Å². The van der Waals surface area contributed by atoms with E-state index in [1.165, 1.54) is 11.8 Å². The minimum atomic E-state index is -0.388. The first-order chi connectivity index (χ1) is 13.0. The van der Waals surface area contributed by atoms with Gasteiger partial charge < -0.3 is 4.57 Å². The van der Waals surface area contributed by atoms with E-state index in [0.29, 0.717) is 12.1 Å². The topological polar surface area (TPSA) is 47.8 Å². The van der Waals surface area contributed by atoms with Crippen molar-refractivity contribution in [2.45, 2.75) is 37.7 Å². The van der Waals surface area contributed by atoms with Crippen LogP contribution in [0.2, 0.25) is 0 Å². The van der Waals surface area contributed by atoms with Crippen molar-refractivity contribution in [1.82, 2.24) is 14.8 Å². The van der Waals surface area contributed by atoms with E-state index in [4.69, 9.17) is 0 Å². The Balaban J connectivity index is 2.00. The molecule has 1 atom stereocenters. The van der Waals surface area contributed by atoms with Crippen molar-refractivity contribution in [2.75, 3.05) is 0 Å². The highest BCUT2D eigenvalue weighted by Gasteiger charge is 2.26. The number of ketones is 1. The number of allylic oxidation sites excluding steroid dienone is 1. The third-order valence-electron chi connectivity index (χ3n) is 4.39. The van der Waals surface area contributed by atoms with Crippen molar-refractivity contribution in [2.24, 2.45) is 0 Å². The van der Waals surface area contributed by atoms with Gasteiger partial charge in [-0.3, -0.25) is 4.79 Å². The van der Waals surface area contributed by atoms with Gasteiger partial charge in [-0.15, -0.1) is 16.8 Å². The van der Waals surface area contributed by atoms with Gasteiger partial charge in [-0.2, -0.15) is 0 Å². The maximum absolute atomic E-state index is 13.3. The first-order valence-electron chi connectivity index (χ1n) is 8.84. The fourth-order valence-electron chi connectivity index (χ4n) is 2.78. The lowest BCUT2D eigenvalue weighted by Gasteiger charge is -2.17. The van der Waals surface area contributed by atoms with Crippen LogP contribution in [0.4, 0.5) is 0 Å². The van der Waals surface area contributed by atoms with Crippen LogP contribution in [-0.2, 0) is 6.54 Å². The zero-order chi connectivity index (χ0) is 19.4. The molecule has 0 saturated carbocycles. The SMILES string of the molecule is C=CCn1c(C)nnc1SC(C(=O)c1ccc(C)cc1)c1ccc(C)cc1. The zero-order valence-corrected chi connectivity index (χ0v) is 16.7. The standard InChI is InChI=1S/C22H23N3OS/c1-5-14-25-17(4)23-24-22(25)27-21(19-12-8-16(3)9-13-19)20(26)18-10-6-15(2)7-11-18/h5-13,21H,1,14H2,2-4H3. The molecule has 4 nitrogen and oxygen atoms in total. The van der Waals surface area contributed by atoms with Crippen molar-refractivity contribution in [1.29, 1.82) is 0 Å². The van der Waals surface area contributed by atoms with Gasteiger partial charge in [-0.1, -0.05) is 77.5 Å². The number of rotatable bonds is 7. The number of hydrogen-bond acceptors (Lipinski definition) is 4. The highest BCUT2D eigenvalue weighted by Crippen LogP contribution is 2.37. The molecule has 0 saturated heterocycles. The van der Waals surface area contributed by atoms with Crippen LogP contribution < -0.4 is 0 Å². The molecule has 0 N–H and O–H groups in total. The molecule has 27 heavy (non-hydrogen) atoms. The van der Waals surface area contributed by atoms with Gasteiger partial charge in [0.05, 0.1) is 0 Å². The third kappa shape index (κ3) is 4.37. The molecule has 5 heteroatoms. The third-order valence-corrected chi connectivity index (χ3v) is 5.63. The summed E-state index contributed by atoms with van der Waals surface area (Å²) in [7, 11) is 0. The van der Waals surface area contributed by atoms with Gasteiger partial charge in [-0.25, -0.2) is 0 Å². The molecule has 3 rings (SSSR count). The highest BCUT2D eigenvalue weighted by atomic mass is 32.2. The van der Waals surface area contributed by atoms with Crippen LogP contribution in [0.25, 0.3) is 0 Å². The average Bonchev–Trinajstić information content (AvgIpc) is 3.01. The Labute approximate surface area is 164 Å². The lowest BCUT2D eigenvalue weighted by molar-refractivity contribution is 0.0989. The van der Waals surface area contributed by atoms with Gasteiger partial charge in [0.25, 0.3) is 0 Å². The first-order valence-corrected chi connectivity index (χ1v) is 9.72. The van der Waals surface area contributed by atoms with E-state index < -0.39 is 0 Å². The smallest absolute Gasteiger partial charge is 0.192 e. The Morgan fingerprint density at radius 2 is 1.63 bits per heavy atom.